The molecule has 0 saturated carbocycles. The van der Waals surface area contributed by atoms with Crippen molar-refractivity contribution in [2.45, 2.75) is 38.3 Å². The number of rotatable bonds is 11. The van der Waals surface area contributed by atoms with Crippen molar-refractivity contribution in [3.8, 4) is 0 Å². The fraction of sp³-hybridized carbons (Fsp3) is 0.909. The predicted octanol–water partition coefficient (Wildman–Crippen LogP) is 0.699. The number of aliphatic carboxylic acids is 1. The number of unbranched alkanes of at least 4 members (excludes halogenated alkanes) is 2. The quantitative estimate of drug-likeness (QED) is 0.476. The molecular weight excluding hydrogens is 242 g/mol. The lowest BCUT2D eigenvalue weighted by Gasteiger charge is -2.12. The summed E-state index contributed by atoms with van der Waals surface area (Å²) in [6.07, 6.45) is 2.75. The number of ether oxygens (including phenoxy) is 1. The lowest BCUT2D eigenvalue weighted by atomic mass is 10.3. The molecule has 17 heavy (non-hydrogen) atoms. The van der Waals surface area contributed by atoms with Crippen LogP contribution >= 0.6 is 11.8 Å². The maximum atomic E-state index is 10.4. The second-order valence-corrected chi connectivity index (χ2v) is 4.99. The van der Waals surface area contributed by atoms with Gasteiger partial charge in [-0.1, -0.05) is 19.8 Å². The molecular formula is C11H23NO4S. The maximum Gasteiger partial charge on any atom is 0.321 e. The Kier molecular flexibility index (Phi) is 10.6. The van der Waals surface area contributed by atoms with Crippen LogP contribution in [0.4, 0.5) is 0 Å². The monoisotopic (exact) mass is 265 g/mol. The Morgan fingerprint density at radius 1 is 1.41 bits per heavy atom. The maximum absolute atomic E-state index is 10.4. The van der Waals surface area contributed by atoms with Crippen molar-refractivity contribution in [1.82, 2.24) is 0 Å². The molecule has 0 fully saturated rings. The lowest BCUT2D eigenvalue weighted by molar-refractivity contribution is -0.137. The third-order valence-electron chi connectivity index (χ3n) is 2.13. The standard InChI is InChI=1S/C11H23NO4S/c1-2-3-4-5-16-6-9(13)7-17-8-10(12)11(14)15/h9-10,13H,2-8,12H2,1H3,(H,14,15)/t9-,10?/m1/s1. The minimum Gasteiger partial charge on any atom is -0.480 e. The molecule has 4 N–H and O–H groups in total. The van der Waals surface area contributed by atoms with Gasteiger partial charge in [-0.3, -0.25) is 4.79 Å². The largest absolute Gasteiger partial charge is 0.480 e. The van der Waals surface area contributed by atoms with Crippen LogP contribution in [0.3, 0.4) is 0 Å². The van der Waals surface area contributed by atoms with E-state index in [1.165, 1.54) is 11.8 Å². The Bertz CT molecular complexity index is 204. The van der Waals surface area contributed by atoms with E-state index in [4.69, 9.17) is 15.6 Å². The van der Waals surface area contributed by atoms with Gasteiger partial charge in [0, 0.05) is 18.1 Å². The summed E-state index contributed by atoms with van der Waals surface area (Å²) in [5.74, 6) is -0.250. The molecule has 0 radical (unpaired) electrons. The number of carboxylic acid groups (broad SMARTS) is 1. The number of carbonyl (C=O) groups is 1. The van der Waals surface area contributed by atoms with Gasteiger partial charge < -0.3 is 20.7 Å². The van der Waals surface area contributed by atoms with Gasteiger partial charge >= 0.3 is 5.97 Å². The summed E-state index contributed by atoms with van der Waals surface area (Å²) >= 11 is 1.33. The van der Waals surface area contributed by atoms with Crippen LogP contribution in [0.25, 0.3) is 0 Å². The van der Waals surface area contributed by atoms with E-state index in [9.17, 15) is 9.90 Å². The highest BCUT2D eigenvalue weighted by Gasteiger charge is 2.12. The fourth-order valence-electron chi connectivity index (χ4n) is 1.12. The second kappa shape index (κ2) is 10.8. The number of hydrogen-bond acceptors (Lipinski definition) is 5. The molecule has 0 spiro atoms. The van der Waals surface area contributed by atoms with Crippen LogP contribution in [-0.4, -0.2) is 53.0 Å². The molecule has 0 heterocycles. The van der Waals surface area contributed by atoms with Gasteiger partial charge in [-0.05, 0) is 6.42 Å². The number of aliphatic hydroxyl groups excluding tert-OH is 1. The van der Waals surface area contributed by atoms with E-state index in [0.717, 1.165) is 19.3 Å². The first-order chi connectivity index (χ1) is 8.07. The highest BCUT2D eigenvalue weighted by molar-refractivity contribution is 7.99. The molecule has 0 aliphatic carbocycles. The van der Waals surface area contributed by atoms with Crippen molar-refractivity contribution in [3.63, 3.8) is 0 Å². The third-order valence-corrected chi connectivity index (χ3v) is 3.34. The fourth-order valence-corrected chi connectivity index (χ4v) is 2.02. The second-order valence-electron chi connectivity index (χ2n) is 3.92. The van der Waals surface area contributed by atoms with Crippen LogP contribution < -0.4 is 5.73 Å². The third kappa shape index (κ3) is 10.6. The predicted molar refractivity (Wildman–Crippen MR) is 69.3 cm³/mol. The zero-order chi connectivity index (χ0) is 13.1. The Morgan fingerprint density at radius 3 is 2.71 bits per heavy atom. The van der Waals surface area contributed by atoms with Crippen LogP contribution in [0.5, 0.6) is 0 Å². The van der Waals surface area contributed by atoms with E-state index in [0.29, 0.717) is 24.7 Å². The molecule has 6 heteroatoms. The summed E-state index contributed by atoms with van der Waals surface area (Å²) in [6, 6.07) is -0.863. The molecule has 1 unspecified atom stereocenters. The van der Waals surface area contributed by atoms with Crippen LogP contribution in [0.15, 0.2) is 0 Å². The topological polar surface area (TPSA) is 92.8 Å². The van der Waals surface area contributed by atoms with Crippen LogP contribution in [0.2, 0.25) is 0 Å². The van der Waals surface area contributed by atoms with E-state index in [-0.39, 0.29) is 0 Å². The first kappa shape index (κ1) is 16.7. The zero-order valence-corrected chi connectivity index (χ0v) is 11.1. The SMILES string of the molecule is CCCCCOC[C@@H](O)CSCC(N)C(=O)O. The van der Waals surface area contributed by atoms with Crippen molar-refractivity contribution in [2.24, 2.45) is 5.73 Å². The van der Waals surface area contributed by atoms with Gasteiger partial charge in [0.15, 0.2) is 0 Å². The van der Waals surface area contributed by atoms with Gasteiger partial charge in [0.25, 0.3) is 0 Å². The van der Waals surface area contributed by atoms with Gasteiger partial charge in [0.05, 0.1) is 12.7 Å². The highest BCUT2D eigenvalue weighted by atomic mass is 32.2. The lowest BCUT2D eigenvalue weighted by Crippen LogP contribution is -2.33. The summed E-state index contributed by atoms with van der Waals surface area (Å²) in [6.45, 7) is 3.10. The average molecular weight is 265 g/mol. The highest BCUT2D eigenvalue weighted by Crippen LogP contribution is 2.05. The summed E-state index contributed by atoms with van der Waals surface area (Å²) in [5.41, 5.74) is 5.32. The zero-order valence-electron chi connectivity index (χ0n) is 10.3. The summed E-state index contributed by atoms with van der Waals surface area (Å²) in [4.78, 5) is 10.4. The van der Waals surface area contributed by atoms with E-state index in [1.807, 2.05) is 0 Å². The van der Waals surface area contributed by atoms with Crippen LogP contribution in [-0.2, 0) is 9.53 Å². The molecule has 0 saturated heterocycles. The molecule has 5 nitrogen and oxygen atoms in total. The van der Waals surface area contributed by atoms with Gasteiger partial charge in [-0.25, -0.2) is 0 Å². The minimum atomic E-state index is -1.01. The van der Waals surface area contributed by atoms with Gasteiger partial charge in [0.1, 0.15) is 6.04 Å². The molecule has 0 aromatic rings. The Morgan fingerprint density at radius 2 is 2.12 bits per heavy atom. The smallest absolute Gasteiger partial charge is 0.321 e. The van der Waals surface area contributed by atoms with Gasteiger partial charge in [-0.2, -0.15) is 11.8 Å². The first-order valence-corrected chi connectivity index (χ1v) is 7.05. The molecule has 0 bridgehead atoms. The van der Waals surface area contributed by atoms with Gasteiger partial charge in [-0.15, -0.1) is 0 Å². The Hall–Kier alpha value is -0.300. The molecule has 0 rings (SSSR count). The molecule has 0 aliphatic rings. The van der Waals surface area contributed by atoms with E-state index < -0.39 is 18.1 Å². The summed E-state index contributed by atoms with van der Waals surface area (Å²) in [7, 11) is 0. The first-order valence-electron chi connectivity index (χ1n) is 5.89. The van der Waals surface area contributed by atoms with E-state index >= 15 is 0 Å². The average Bonchev–Trinajstić information content (AvgIpc) is 2.28. The number of nitrogens with two attached hydrogens (primary N) is 1. The molecule has 0 amide bonds. The van der Waals surface area contributed by atoms with Crippen molar-refractivity contribution in [3.05, 3.63) is 0 Å². The summed E-state index contributed by atoms with van der Waals surface area (Å²) in [5, 5.41) is 18.1. The van der Waals surface area contributed by atoms with E-state index in [1.54, 1.807) is 0 Å². The van der Waals surface area contributed by atoms with Crippen LogP contribution in [0, 0.1) is 0 Å². The Labute approximate surface area is 107 Å². The Balaban J connectivity index is 3.34. The van der Waals surface area contributed by atoms with E-state index in [2.05, 4.69) is 6.92 Å². The number of carboxylic acids is 1. The van der Waals surface area contributed by atoms with Crippen molar-refractivity contribution >= 4 is 17.7 Å². The van der Waals surface area contributed by atoms with Crippen molar-refractivity contribution in [1.29, 1.82) is 0 Å². The normalized spacial score (nSPS) is 14.5. The summed E-state index contributed by atoms with van der Waals surface area (Å²) < 4.78 is 5.29. The number of thioether (sulfide) groups is 1. The van der Waals surface area contributed by atoms with Crippen molar-refractivity contribution < 1.29 is 19.7 Å². The van der Waals surface area contributed by atoms with Crippen molar-refractivity contribution in [2.75, 3.05) is 24.7 Å². The number of aliphatic hydroxyl groups is 1. The minimum absolute atomic E-state index is 0.305. The molecule has 102 valence electrons. The van der Waals surface area contributed by atoms with Crippen LogP contribution in [0.1, 0.15) is 26.2 Å². The van der Waals surface area contributed by atoms with Gasteiger partial charge in [0.2, 0.25) is 0 Å². The molecule has 0 aromatic heterocycles. The molecule has 0 aliphatic heterocycles. The number of hydrogen-bond donors (Lipinski definition) is 3. The molecule has 0 aromatic carbocycles. The molecule has 2 atom stereocenters.